The first-order valence-corrected chi connectivity index (χ1v) is 8.79. The average Bonchev–Trinajstić information content (AvgIpc) is 2.64. The van der Waals surface area contributed by atoms with Gasteiger partial charge in [-0.05, 0) is 43.4 Å². The predicted octanol–water partition coefficient (Wildman–Crippen LogP) is 2.91. The molecular formula is C19H21F2N3O2. The van der Waals surface area contributed by atoms with E-state index < -0.39 is 11.6 Å². The first kappa shape index (κ1) is 18.3. The molecule has 2 heterocycles. The maximum atomic E-state index is 14.0. The number of carbonyl (C=O) groups is 1. The summed E-state index contributed by atoms with van der Waals surface area (Å²) in [5.74, 6) is -1.43. The molecule has 0 radical (unpaired) electrons. The van der Waals surface area contributed by atoms with Crippen LogP contribution in [0.15, 0.2) is 23.8 Å². The van der Waals surface area contributed by atoms with Crippen LogP contribution in [-0.2, 0) is 0 Å². The lowest BCUT2D eigenvalue weighted by Gasteiger charge is -2.36. The summed E-state index contributed by atoms with van der Waals surface area (Å²) in [6.45, 7) is 2.01. The highest BCUT2D eigenvalue weighted by molar-refractivity contribution is 5.80. The number of hydrogen-bond acceptors (Lipinski definition) is 3. The molecule has 0 unspecified atom stereocenters. The number of halogens is 2. The molecule has 5 nitrogen and oxygen atoms in total. The van der Waals surface area contributed by atoms with E-state index in [9.17, 15) is 23.9 Å². The summed E-state index contributed by atoms with van der Waals surface area (Å²) >= 11 is 0. The summed E-state index contributed by atoms with van der Waals surface area (Å²) in [6, 6.07) is 5.18. The largest absolute Gasteiger partial charge is 0.393 e. The third-order valence-electron chi connectivity index (χ3n) is 5.04. The van der Waals surface area contributed by atoms with Crippen LogP contribution in [0.4, 0.5) is 13.6 Å². The van der Waals surface area contributed by atoms with Crippen molar-refractivity contribution in [3.8, 4) is 6.07 Å². The third-order valence-corrected chi connectivity index (χ3v) is 5.04. The number of hydrogen-bond donors (Lipinski definition) is 1. The standard InChI is InChI=1S/C19H21F2N3O2/c20-14-1-2-16(18(21)11-14)17(12-22)13-3-7-23(8-4-13)19(26)24-9-5-15(25)6-10-24/h1-2,11,15,25H,3-10H2. The molecule has 7 heteroatoms. The maximum Gasteiger partial charge on any atom is 0.320 e. The number of rotatable bonds is 1. The van der Waals surface area contributed by atoms with Gasteiger partial charge in [0.25, 0.3) is 0 Å². The minimum absolute atomic E-state index is 0.0533. The first-order chi connectivity index (χ1) is 12.5. The molecule has 138 valence electrons. The number of piperidine rings is 2. The molecule has 0 bridgehead atoms. The van der Waals surface area contributed by atoms with E-state index in [2.05, 4.69) is 0 Å². The highest BCUT2D eigenvalue weighted by Gasteiger charge is 2.28. The van der Waals surface area contributed by atoms with Gasteiger partial charge in [0.05, 0.1) is 17.7 Å². The van der Waals surface area contributed by atoms with Gasteiger partial charge in [-0.25, -0.2) is 13.6 Å². The van der Waals surface area contributed by atoms with E-state index in [4.69, 9.17) is 0 Å². The number of carbonyl (C=O) groups excluding carboxylic acids is 1. The number of aliphatic hydroxyl groups is 1. The second-order valence-corrected chi connectivity index (χ2v) is 6.70. The fourth-order valence-corrected chi connectivity index (χ4v) is 3.50. The zero-order valence-corrected chi connectivity index (χ0v) is 14.4. The summed E-state index contributed by atoms with van der Waals surface area (Å²) in [4.78, 5) is 16.0. The van der Waals surface area contributed by atoms with Gasteiger partial charge < -0.3 is 14.9 Å². The first-order valence-electron chi connectivity index (χ1n) is 8.79. The van der Waals surface area contributed by atoms with Crippen molar-refractivity contribution >= 4 is 11.6 Å². The molecule has 1 aromatic rings. The molecule has 1 aromatic carbocycles. The maximum absolute atomic E-state index is 14.0. The summed E-state index contributed by atoms with van der Waals surface area (Å²) in [5.41, 5.74) is 1.13. The van der Waals surface area contributed by atoms with Crippen LogP contribution in [0.1, 0.15) is 31.2 Å². The summed E-state index contributed by atoms with van der Waals surface area (Å²) in [6.07, 6.45) is 1.82. The molecule has 0 saturated carbocycles. The third kappa shape index (κ3) is 3.86. The Balaban J connectivity index is 1.69. The van der Waals surface area contributed by atoms with Gasteiger partial charge in [0.1, 0.15) is 11.6 Å². The quantitative estimate of drug-likeness (QED) is 0.782. The van der Waals surface area contributed by atoms with Crippen molar-refractivity contribution < 1.29 is 18.7 Å². The lowest BCUT2D eigenvalue weighted by atomic mass is 9.93. The summed E-state index contributed by atoms with van der Waals surface area (Å²) in [5, 5.41) is 19.0. The normalized spacial score (nSPS) is 18.6. The van der Waals surface area contributed by atoms with E-state index in [0.717, 1.165) is 17.7 Å². The topological polar surface area (TPSA) is 67.6 Å². The Morgan fingerprint density at radius 3 is 2.31 bits per heavy atom. The van der Waals surface area contributed by atoms with Crippen molar-refractivity contribution in [1.29, 1.82) is 5.26 Å². The number of benzene rings is 1. The van der Waals surface area contributed by atoms with E-state index in [0.29, 0.717) is 51.9 Å². The molecule has 1 N–H and O–H groups in total. The van der Waals surface area contributed by atoms with Crippen LogP contribution in [0, 0.1) is 23.0 Å². The molecule has 0 atom stereocenters. The van der Waals surface area contributed by atoms with Gasteiger partial charge in [0.15, 0.2) is 0 Å². The number of likely N-dealkylation sites (tertiary alicyclic amines) is 2. The minimum atomic E-state index is -0.751. The molecule has 2 fully saturated rings. The zero-order chi connectivity index (χ0) is 18.7. The molecule has 3 rings (SSSR count). The van der Waals surface area contributed by atoms with Gasteiger partial charge in [0.2, 0.25) is 0 Å². The Hall–Kier alpha value is -2.46. The SMILES string of the molecule is N#CC(=C1CCN(C(=O)N2CCC(O)CC2)CC1)c1ccc(F)cc1F. The number of amides is 2. The van der Waals surface area contributed by atoms with Crippen LogP contribution in [0.25, 0.3) is 5.57 Å². The fraction of sp³-hybridized carbons (Fsp3) is 0.474. The second-order valence-electron chi connectivity index (χ2n) is 6.70. The van der Waals surface area contributed by atoms with Crippen molar-refractivity contribution in [2.45, 2.75) is 31.8 Å². The van der Waals surface area contributed by atoms with Crippen molar-refractivity contribution in [3.05, 3.63) is 41.0 Å². The van der Waals surface area contributed by atoms with E-state index >= 15 is 0 Å². The number of urea groups is 1. The Morgan fingerprint density at radius 1 is 1.12 bits per heavy atom. The van der Waals surface area contributed by atoms with Crippen molar-refractivity contribution in [2.75, 3.05) is 26.2 Å². The molecule has 2 amide bonds. The Kier molecular flexibility index (Phi) is 5.52. The minimum Gasteiger partial charge on any atom is -0.393 e. The van der Waals surface area contributed by atoms with Gasteiger partial charge in [0, 0.05) is 37.8 Å². The van der Waals surface area contributed by atoms with Crippen molar-refractivity contribution in [2.24, 2.45) is 0 Å². The highest BCUT2D eigenvalue weighted by Crippen LogP contribution is 2.29. The molecule has 0 aliphatic carbocycles. The number of nitrogens with zero attached hydrogens (tertiary/aromatic N) is 3. The summed E-state index contributed by atoms with van der Waals surface area (Å²) < 4.78 is 27.1. The molecular weight excluding hydrogens is 340 g/mol. The smallest absolute Gasteiger partial charge is 0.320 e. The van der Waals surface area contributed by atoms with Gasteiger partial charge in [-0.1, -0.05) is 0 Å². The van der Waals surface area contributed by atoms with E-state index in [1.807, 2.05) is 6.07 Å². The van der Waals surface area contributed by atoms with Gasteiger partial charge in [-0.2, -0.15) is 5.26 Å². The van der Waals surface area contributed by atoms with Crippen LogP contribution in [-0.4, -0.2) is 53.2 Å². The van der Waals surface area contributed by atoms with Gasteiger partial charge >= 0.3 is 6.03 Å². The number of nitriles is 1. The predicted molar refractivity (Wildman–Crippen MR) is 91.9 cm³/mol. The van der Waals surface area contributed by atoms with Crippen LogP contribution < -0.4 is 0 Å². The average molecular weight is 361 g/mol. The van der Waals surface area contributed by atoms with Crippen molar-refractivity contribution in [1.82, 2.24) is 9.80 Å². The van der Waals surface area contributed by atoms with E-state index in [1.54, 1.807) is 9.80 Å². The summed E-state index contributed by atoms with van der Waals surface area (Å²) in [7, 11) is 0. The Morgan fingerprint density at radius 2 is 1.73 bits per heavy atom. The highest BCUT2D eigenvalue weighted by atomic mass is 19.1. The van der Waals surface area contributed by atoms with Crippen LogP contribution in [0.3, 0.4) is 0 Å². The second kappa shape index (κ2) is 7.83. The fourth-order valence-electron chi connectivity index (χ4n) is 3.50. The molecule has 2 aliphatic rings. The number of allylic oxidation sites excluding steroid dienone is 1. The molecule has 26 heavy (non-hydrogen) atoms. The lowest BCUT2D eigenvalue weighted by Crippen LogP contribution is -2.49. The monoisotopic (exact) mass is 361 g/mol. The Labute approximate surface area is 151 Å². The van der Waals surface area contributed by atoms with Crippen LogP contribution in [0.2, 0.25) is 0 Å². The van der Waals surface area contributed by atoms with E-state index in [-0.39, 0.29) is 23.3 Å². The van der Waals surface area contributed by atoms with Crippen molar-refractivity contribution in [3.63, 3.8) is 0 Å². The zero-order valence-electron chi connectivity index (χ0n) is 14.4. The molecule has 0 aromatic heterocycles. The van der Waals surface area contributed by atoms with Crippen LogP contribution >= 0.6 is 0 Å². The van der Waals surface area contributed by atoms with Crippen LogP contribution in [0.5, 0.6) is 0 Å². The molecule has 0 spiro atoms. The molecule has 2 aliphatic heterocycles. The number of aliphatic hydroxyl groups excluding tert-OH is 1. The van der Waals surface area contributed by atoms with Gasteiger partial charge in [-0.15, -0.1) is 0 Å². The Bertz CT molecular complexity index is 755. The lowest BCUT2D eigenvalue weighted by molar-refractivity contribution is 0.0803. The van der Waals surface area contributed by atoms with Gasteiger partial charge in [-0.3, -0.25) is 0 Å². The van der Waals surface area contributed by atoms with E-state index in [1.165, 1.54) is 6.07 Å². The molecule has 2 saturated heterocycles.